The van der Waals surface area contributed by atoms with Crippen molar-refractivity contribution in [2.24, 2.45) is 17.8 Å². The summed E-state index contributed by atoms with van der Waals surface area (Å²) in [7, 11) is 0. The molecule has 1 N–H and O–H groups in total. The largest absolute Gasteiger partial charge is 0.472 e. The number of furan rings is 1. The molecule has 0 amide bonds. The molecule has 2 aliphatic carbocycles. The van der Waals surface area contributed by atoms with E-state index < -0.39 is 0 Å². The van der Waals surface area contributed by atoms with Crippen LogP contribution in [0.4, 0.5) is 0 Å². The quantitative estimate of drug-likeness (QED) is 0.823. The van der Waals surface area contributed by atoms with Crippen LogP contribution in [0.1, 0.15) is 31.7 Å². The molecule has 2 heteroatoms. The molecular weight excluding hydrogens is 198 g/mol. The summed E-state index contributed by atoms with van der Waals surface area (Å²) in [6.45, 7) is 3.28. The molecule has 1 heterocycles. The average Bonchev–Trinajstić information content (AvgIpc) is 2.72. The Morgan fingerprint density at radius 2 is 2.19 bits per heavy atom. The van der Waals surface area contributed by atoms with Crippen molar-refractivity contribution in [3.05, 3.63) is 24.2 Å². The van der Waals surface area contributed by atoms with Gasteiger partial charge in [-0.15, -0.1) is 0 Å². The summed E-state index contributed by atoms with van der Waals surface area (Å²) in [5.41, 5.74) is 1.34. The van der Waals surface area contributed by atoms with Crippen molar-refractivity contribution in [2.75, 3.05) is 6.54 Å². The molecule has 0 aromatic carbocycles. The number of likely N-dealkylation sites (N-methyl/N-ethyl adjacent to an activating group) is 1. The van der Waals surface area contributed by atoms with Gasteiger partial charge in [0.15, 0.2) is 0 Å². The van der Waals surface area contributed by atoms with E-state index in [1.54, 1.807) is 6.26 Å². The van der Waals surface area contributed by atoms with Crippen molar-refractivity contribution in [2.45, 2.75) is 38.6 Å². The fourth-order valence-electron chi connectivity index (χ4n) is 3.42. The van der Waals surface area contributed by atoms with E-state index in [-0.39, 0.29) is 0 Å². The molecule has 0 saturated heterocycles. The molecule has 88 valence electrons. The Morgan fingerprint density at radius 3 is 2.81 bits per heavy atom. The highest BCUT2D eigenvalue weighted by Gasteiger charge is 2.47. The Labute approximate surface area is 97.4 Å². The van der Waals surface area contributed by atoms with Crippen LogP contribution in [0.25, 0.3) is 0 Å². The Hall–Kier alpha value is -0.760. The van der Waals surface area contributed by atoms with Crippen LogP contribution in [0, 0.1) is 17.8 Å². The fourth-order valence-corrected chi connectivity index (χ4v) is 3.42. The van der Waals surface area contributed by atoms with Gasteiger partial charge in [0.05, 0.1) is 12.5 Å². The molecule has 2 fully saturated rings. The monoisotopic (exact) mass is 219 g/mol. The second-order valence-corrected chi connectivity index (χ2v) is 5.49. The topological polar surface area (TPSA) is 25.2 Å². The number of hydrogen-bond donors (Lipinski definition) is 1. The van der Waals surface area contributed by atoms with Gasteiger partial charge in [-0.05, 0) is 61.6 Å². The Kier molecular flexibility index (Phi) is 2.76. The van der Waals surface area contributed by atoms with Crippen molar-refractivity contribution in [1.29, 1.82) is 0 Å². The van der Waals surface area contributed by atoms with Gasteiger partial charge >= 0.3 is 0 Å². The number of fused-ring (bicyclic) bond motifs is 1. The SMILES string of the molecule is CCNC(Cc1ccoc1)C1CC2CC2C1. The molecule has 1 aromatic rings. The predicted molar refractivity (Wildman–Crippen MR) is 64.2 cm³/mol. The van der Waals surface area contributed by atoms with Crippen molar-refractivity contribution in [3.8, 4) is 0 Å². The van der Waals surface area contributed by atoms with Crippen molar-refractivity contribution in [3.63, 3.8) is 0 Å². The van der Waals surface area contributed by atoms with Gasteiger partial charge in [0.1, 0.15) is 0 Å². The van der Waals surface area contributed by atoms with Crippen LogP contribution in [-0.4, -0.2) is 12.6 Å². The van der Waals surface area contributed by atoms with Crippen LogP contribution < -0.4 is 5.32 Å². The van der Waals surface area contributed by atoms with E-state index in [0.717, 1.165) is 30.7 Å². The van der Waals surface area contributed by atoms with E-state index in [2.05, 4.69) is 18.3 Å². The molecule has 0 spiro atoms. The standard InChI is InChI=1S/C14H21NO/c1-2-15-14(5-10-3-4-16-9-10)13-7-11-6-12(11)8-13/h3-4,9,11-15H,2,5-8H2,1H3. The minimum absolute atomic E-state index is 0.662. The normalized spacial score (nSPS) is 33.7. The first-order valence-corrected chi connectivity index (χ1v) is 6.61. The second kappa shape index (κ2) is 4.25. The Bertz CT molecular complexity index is 323. The molecule has 0 aliphatic heterocycles. The summed E-state index contributed by atoms with van der Waals surface area (Å²) in [5, 5.41) is 3.66. The maximum absolute atomic E-state index is 5.16. The van der Waals surface area contributed by atoms with Crippen LogP contribution in [0.2, 0.25) is 0 Å². The third-order valence-electron chi connectivity index (χ3n) is 4.35. The number of rotatable bonds is 5. The van der Waals surface area contributed by atoms with E-state index in [1.165, 1.54) is 24.8 Å². The van der Waals surface area contributed by atoms with Crippen LogP contribution in [0.3, 0.4) is 0 Å². The summed E-state index contributed by atoms with van der Waals surface area (Å²) in [4.78, 5) is 0. The first-order chi connectivity index (χ1) is 7.86. The first kappa shape index (κ1) is 10.4. The molecule has 2 saturated carbocycles. The average molecular weight is 219 g/mol. The lowest BCUT2D eigenvalue weighted by molar-refractivity contribution is 0.336. The highest BCUT2D eigenvalue weighted by molar-refractivity contribution is 5.09. The number of hydrogen-bond acceptors (Lipinski definition) is 2. The number of nitrogens with one attached hydrogen (secondary N) is 1. The van der Waals surface area contributed by atoms with Crippen LogP contribution >= 0.6 is 0 Å². The van der Waals surface area contributed by atoms with E-state index in [1.807, 2.05) is 6.26 Å². The van der Waals surface area contributed by atoms with Gasteiger partial charge in [-0.2, -0.15) is 0 Å². The zero-order valence-electron chi connectivity index (χ0n) is 9.99. The van der Waals surface area contributed by atoms with Crippen LogP contribution in [0.15, 0.2) is 23.0 Å². The minimum Gasteiger partial charge on any atom is -0.472 e. The van der Waals surface area contributed by atoms with E-state index >= 15 is 0 Å². The molecule has 16 heavy (non-hydrogen) atoms. The lowest BCUT2D eigenvalue weighted by Gasteiger charge is -2.25. The van der Waals surface area contributed by atoms with Crippen LogP contribution in [-0.2, 0) is 6.42 Å². The molecule has 3 rings (SSSR count). The van der Waals surface area contributed by atoms with Gasteiger partial charge in [-0.1, -0.05) is 6.92 Å². The Morgan fingerprint density at radius 1 is 1.38 bits per heavy atom. The molecule has 0 radical (unpaired) electrons. The summed E-state index contributed by atoms with van der Waals surface area (Å²) in [5.74, 6) is 3.06. The highest BCUT2D eigenvalue weighted by Crippen LogP contribution is 2.55. The highest BCUT2D eigenvalue weighted by atomic mass is 16.3. The zero-order chi connectivity index (χ0) is 11.0. The minimum atomic E-state index is 0.662. The predicted octanol–water partition coefficient (Wildman–Crippen LogP) is 2.85. The summed E-state index contributed by atoms with van der Waals surface area (Å²) < 4.78 is 5.16. The zero-order valence-corrected chi connectivity index (χ0v) is 9.99. The molecule has 3 atom stereocenters. The van der Waals surface area contributed by atoms with Gasteiger partial charge in [-0.25, -0.2) is 0 Å². The lowest BCUT2D eigenvalue weighted by Crippen LogP contribution is -2.37. The molecular formula is C14H21NO. The molecule has 3 unspecified atom stereocenters. The molecule has 2 aliphatic rings. The maximum atomic E-state index is 5.16. The van der Waals surface area contributed by atoms with Crippen molar-refractivity contribution in [1.82, 2.24) is 5.32 Å². The van der Waals surface area contributed by atoms with Crippen molar-refractivity contribution < 1.29 is 4.42 Å². The molecule has 0 bridgehead atoms. The maximum Gasteiger partial charge on any atom is 0.0935 e. The summed E-state index contributed by atoms with van der Waals surface area (Å²) >= 11 is 0. The van der Waals surface area contributed by atoms with Crippen LogP contribution in [0.5, 0.6) is 0 Å². The van der Waals surface area contributed by atoms with Gasteiger partial charge in [0.2, 0.25) is 0 Å². The Balaban J connectivity index is 1.61. The third kappa shape index (κ3) is 2.03. The van der Waals surface area contributed by atoms with Crippen molar-refractivity contribution >= 4 is 0 Å². The van der Waals surface area contributed by atoms with Gasteiger partial charge in [0.25, 0.3) is 0 Å². The van der Waals surface area contributed by atoms with E-state index in [9.17, 15) is 0 Å². The lowest BCUT2D eigenvalue weighted by atomic mass is 9.90. The smallest absolute Gasteiger partial charge is 0.0935 e. The van der Waals surface area contributed by atoms with E-state index in [4.69, 9.17) is 4.42 Å². The summed E-state index contributed by atoms with van der Waals surface area (Å²) in [6.07, 6.45) is 9.24. The third-order valence-corrected chi connectivity index (χ3v) is 4.35. The first-order valence-electron chi connectivity index (χ1n) is 6.61. The van der Waals surface area contributed by atoms with E-state index in [0.29, 0.717) is 6.04 Å². The van der Waals surface area contributed by atoms with Gasteiger partial charge in [0, 0.05) is 6.04 Å². The van der Waals surface area contributed by atoms with Gasteiger partial charge < -0.3 is 9.73 Å². The fraction of sp³-hybridized carbons (Fsp3) is 0.714. The summed E-state index contributed by atoms with van der Waals surface area (Å²) in [6, 6.07) is 2.76. The second-order valence-electron chi connectivity index (χ2n) is 5.49. The van der Waals surface area contributed by atoms with Gasteiger partial charge in [-0.3, -0.25) is 0 Å². The molecule has 2 nitrogen and oxygen atoms in total. The molecule has 1 aromatic heterocycles.